The van der Waals surface area contributed by atoms with Crippen LogP contribution in [0, 0.1) is 10.1 Å². The number of nitro benzene ring substituents is 1. The fourth-order valence-corrected chi connectivity index (χ4v) is 3.70. The SMILES string of the molecule is O=[N+]([O-])c1ccc(NC2CCNC3(CCC3)C2)c(Br)c1. The Hall–Kier alpha value is -1.14. The van der Waals surface area contributed by atoms with E-state index in [4.69, 9.17) is 0 Å². The first-order valence-corrected chi connectivity index (χ1v) is 7.83. The highest BCUT2D eigenvalue weighted by molar-refractivity contribution is 9.10. The van der Waals surface area contributed by atoms with Gasteiger partial charge in [0.25, 0.3) is 5.69 Å². The van der Waals surface area contributed by atoms with Crippen LogP contribution in [0.1, 0.15) is 32.1 Å². The van der Waals surface area contributed by atoms with Gasteiger partial charge in [-0.3, -0.25) is 10.1 Å². The Labute approximate surface area is 126 Å². The summed E-state index contributed by atoms with van der Waals surface area (Å²) in [6.45, 7) is 1.04. The largest absolute Gasteiger partial charge is 0.381 e. The van der Waals surface area contributed by atoms with Gasteiger partial charge < -0.3 is 10.6 Å². The molecule has 0 aromatic heterocycles. The Balaban J connectivity index is 1.69. The number of piperidine rings is 1. The summed E-state index contributed by atoms with van der Waals surface area (Å²) >= 11 is 3.42. The first kappa shape index (κ1) is 13.8. The Morgan fingerprint density at radius 1 is 1.45 bits per heavy atom. The smallest absolute Gasteiger partial charge is 0.270 e. The van der Waals surface area contributed by atoms with E-state index >= 15 is 0 Å². The molecule has 0 amide bonds. The normalized spacial score (nSPS) is 24.1. The van der Waals surface area contributed by atoms with Crippen LogP contribution in [-0.4, -0.2) is 23.0 Å². The van der Waals surface area contributed by atoms with Crippen LogP contribution in [0.25, 0.3) is 0 Å². The molecular weight excluding hydrogens is 322 g/mol. The molecule has 1 aromatic rings. The summed E-state index contributed by atoms with van der Waals surface area (Å²) in [5.74, 6) is 0. The topological polar surface area (TPSA) is 67.2 Å². The van der Waals surface area contributed by atoms with Crippen LogP contribution in [-0.2, 0) is 0 Å². The molecule has 108 valence electrons. The van der Waals surface area contributed by atoms with Crippen LogP contribution in [0.3, 0.4) is 0 Å². The van der Waals surface area contributed by atoms with E-state index in [9.17, 15) is 10.1 Å². The molecule has 1 unspecified atom stereocenters. The second kappa shape index (κ2) is 5.33. The highest BCUT2D eigenvalue weighted by atomic mass is 79.9. The Bertz CT molecular complexity index is 531. The van der Waals surface area contributed by atoms with Crippen LogP contribution in [0.2, 0.25) is 0 Å². The minimum absolute atomic E-state index is 0.114. The monoisotopic (exact) mass is 339 g/mol. The van der Waals surface area contributed by atoms with Gasteiger partial charge in [0.15, 0.2) is 0 Å². The van der Waals surface area contributed by atoms with Gasteiger partial charge in [0.1, 0.15) is 0 Å². The number of nitrogens with zero attached hydrogens (tertiary/aromatic N) is 1. The molecule has 1 heterocycles. The zero-order valence-electron chi connectivity index (χ0n) is 11.2. The molecule has 1 spiro atoms. The lowest BCUT2D eigenvalue weighted by Crippen LogP contribution is -2.58. The first-order chi connectivity index (χ1) is 9.58. The molecule has 1 saturated heterocycles. The molecule has 3 rings (SSSR count). The fourth-order valence-electron chi connectivity index (χ4n) is 3.22. The molecule has 1 aliphatic heterocycles. The van der Waals surface area contributed by atoms with Crippen LogP contribution < -0.4 is 10.6 Å². The Morgan fingerprint density at radius 2 is 2.25 bits per heavy atom. The number of anilines is 1. The molecule has 2 N–H and O–H groups in total. The van der Waals surface area contributed by atoms with Crippen molar-refractivity contribution in [1.82, 2.24) is 5.32 Å². The number of non-ortho nitro benzene ring substituents is 1. The summed E-state index contributed by atoms with van der Waals surface area (Å²) in [6, 6.07) is 5.34. The third kappa shape index (κ3) is 2.67. The molecule has 2 aliphatic rings. The van der Waals surface area contributed by atoms with E-state index < -0.39 is 0 Å². The van der Waals surface area contributed by atoms with Gasteiger partial charge in [0.05, 0.1) is 4.92 Å². The van der Waals surface area contributed by atoms with Crippen LogP contribution in [0.5, 0.6) is 0 Å². The van der Waals surface area contributed by atoms with E-state index in [-0.39, 0.29) is 10.6 Å². The van der Waals surface area contributed by atoms with Crippen LogP contribution in [0.15, 0.2) is 22.7 Å². The van der Waals surface area contributed by atoms with E-state index in [1.807, 2.05) is 0 Å². The predicted molar refractivity (Wildman–Crippen MR) is 82.0 cm³/mol. The summed E-state index contributed by atoms with van der Waals surface area (Å²) in [5.41, 5.74) is 1.41. The maximum atomic E-state index is 10.7. The summed E-state index contributed by atoms with van der Waals surface area (Å²) in [5, 5.41) is 17.9. The molecule has 2 fully saturated rings. The number of nitrogens with one attached hydrogen (secondary N) is 2. The summed E-state index contributed by atoms with van der Waals surface area (Å²) in [4.78, 5) is 10.4. The van der Waals surface area contributed by atoms with Crippen molar-refractivity contribution in [2.24, 2.45) is 0 Å². The summed E-state index contributed by atoms with van der Waals surface area (Å²) < 4.78 is 0.757. The van der Waals surface area contributed by atoms with E-state index in [1.165, 1.54) is 19.3 Å². The van der Waals surface area contributed by atoms with Gasteiger partial charge in [-0.15, -0.1) is 0 Å². The number of benzene rings is 1. The molecule has 20 heavy (non-hydrogen) atoms. The van der Waals surface area contributed by atoms with Gasteiger partial charge in [-0.05, 0) is 60.6 Å². The molecule has 5 nitrogen and oxygen atoms in total. The maximum absolute atomic E-state index is 10.7. The highest BCUT2D eigenvalue weighted by Crippen LogP contribution is 2.39. The van der Waals surface area contributed by atoms with Crippen molar-refractivity contribution in [3.05, 3.63) is 32.8 Å². The predicted octanol–water partition coefficient (Wildman–Crippen LogP) is 3.44. The van der Waals surface area contributed by atoms with Gasteiger partial charge in [-0.2, -0.15) is 0 Å². The molecular formula is C14H18BrN3O2. The third-order valence-corrected chi connectivity index (χ3v) is 5.12. The van der Waals surface area contributed by atoms with Crippen molar-refractivity contribution < 1.29 is 4.92 Å². The fraction of sp³-hybridized carbons (Fsp3) is 0.571. The molecule has 6 heteroatoms. The van der Waals surface area contributed by atoms with Crippen molar-refractivity contribution in [3.63, 3.8) is 0 Å². The second-order valence-corrected chi connectivity index (χ2v) is 6.67. The number of hydrogen-bond acceptors (Lipinski definition) is 4. The van der Waals surface area contributed by atoms with Crippen molar-refractivity contribution in [3.8, 4) is 0 Å². The van der Waals surface area contributed by atoms with Crippen molar-refractivity contribution in [2.45, 2.75) is 43.7 Å². The number of hydrogen-bond donors (Lipinski definition) is 2. The van der Waals surface area contributed by atoms with Gasteiger partial charge in [-0.1, -0.05) is 0 Å². The minimum Gasteiger partial charge on any atom is -0.381 e. The standard InChI is InChI=1S/C14H18BrN3O2/c15-12-8-11(18(19)20)2-3-13(12)17-10-4-7-16-14(9-10)5-1-6-14/h2-3,8,10,16-17H,1,4-7,9H2. The Morgan fingerprint density at radius 3 is 2.85 bits per heavy atom. The number of nitro groups is 1. The number of rotatable bonds is 3. The second-order valence-electron chi connectivity index (χ2n) is 5.82. The highest BCUT2D eigenvalue weighted by Gasteiger charge is 2.40. The average molecular weight is 340 g/mol. The van der Waals surface area contributed by atoms with Crippen LogP contribution in [0.4, 0.5) is 11.4 Å². The number of halogens is 1. The van der Waals surface area contributed by atoms with Crippen molar-refractivity contribution in [1.29, 1.82) is 0 Å². The van der Waals surface area contributed by atoms with Gasteiger partial charge in [0.2, 0.25) is 0 Å². The molecule has 0 radical (unpaired) electrons. The zero-order valence-corrected chi connectivity index (χ0v) is 12.8. The van der Waals surface area contributed by atoms with E-state index in [2.05, 4.69) is 26.6 Å². The minimum atomic E-state index is -0.373. The van der Waals surface area contributed by atoms with E-state index in [1.54, 1.807) is 18.2 Å². The molecule has 0 bridgehead atoms. The van der Waals surface area contributed by atoms with Gasteiger partial charge in [-0.25, -0.2) is 0 Å². The summed E-state index contributed by atoms with van der Waals surface area (Å²) in [7, 11) is 0. The van der Waals surface area contributed by atoms with E-state index in [0.29, 0.717) is 11.6 Å². The third-order valence-electron chi connectivity index (χ3n) is 4.46. The lowest BCUT2D eigenvalue weighted by Gasteiger charge is -2.48. The zero-order chi connectivity index (χ0) is 14.2. The average Bonchev–Trinajstić information content (AvgIpc) is 2.39. The van der Waals surface area contributed by atoms with Gasteiger partial charge >= 0.3 is 0 Å². The lowest BCUT2D eigenvalue weighted by molar-refractivity contribution is -0.384. The first-order valence-electron chi connectivity index (χ1n) is 7.04. The quantitative estimate of drug-likeness (QED) is 0.653. The molecule has 1 saturated carbocycles. The van der Waals surface area contributed by atoms with Crippen molar-refractivity contribution >= 4 is 27.3 Å². The van der Waals surface area contributed by atoms with E-state index in [0.717, 1.165) is 29.5 Å². The molecule has 1 aromatic carbocycles. The summed E-state index contributed by atoms with van der Waals surface area (Å²) in [6.07, 6.45) is 6.09. The lowest BCUT2D eigenvalue weighted by atomic mass is 9.70. The molecule has 1 aliphatic carbocycles. The van der Waals surface area contributed by atoms with Crippen molar-refractivity contribution in [2.75, 3.05) is 11.9 Å². The van der Waals surface area contributed by atoms with Crippen LogP contribution >= 0.6 is 15.9 Å². The Kier molecular flexibility index (Phi) is 3.69. The van der Waals surface area contributed by atoms with Gasteiger partial charge in [0, 0.05) is 33.9 Å². The molecule has 1 atom stereocenters. The maximum Gasteiger partial charge on any atom is 0.270 e.